The first kappa shape index (κ1) is 25.8. The van der Waals surface area contributed by atoms with Crippen molar-refractivity contribution in [3.63, 3.8) is 0 Å². The summed E-state index contributed by atoms with van der Waals surface area (Å²) in [7, 11) is -3.86. The van der Waals surface area contributed by atoms with Crippen LogP contribution in [0, 0.1) is 0 Å². The lowest BCUT2D eigenvalue weighted by molar-refractivity contribution is -0.137. The first-order chi connectivity index (χ1) is 14.6. The van der Waals surface area contributed by atoms with Gasteiger partial charge < -0.3 is 10.5 Å². The summed E-state index contributed by atoms with van der Waals surface area (Å²) in [5.41, 5.74) is 5.08. The van der Waals surface area contributed by atoms with Gasteiger partial charge in [0.25, 0.3) is 0 Å². The summed E-state index contributed by atoms with van der Waals surface area (Å²) in [5.74, 6) is 0. The number of hydrogen-bond donors (Lipinski definition) is 1. The molecule has 0 radical (unpaired) electrons. The van der Waals surface area contributed by atoms with Crippen molar-refractivity contribution in [2.45, 2.75) is 81.1 Å². The van der Waals surface area contributed by atoms with Crippen LogP contribution < -0.4 is 5.73 Å². The number of rotatable bonds is 11. The molecule has 0 amide bonds. The molecule has 2 rings (SSSR count). The van der Waals surface area contributed by atoms with Crippen LogP contribution in [0.1, 0.15) is 57.4 Å². The van der Waals surface area contributed by atoms with E-state index in [1.54, 1.807) is 6.92 Å². The maximum Gasteiger partial charge on any atom is 0.416 e. The van der Waals surface area contributed by atoms with Gasteiger partial charge in [-0.2, -0.15) is 17.5 Å². The summed E-state index contributed by atoms with van der Waals surface area (Å²) in [6, 6.07) is 3.61. The molecule has 1 atom stereocenters. The average Bonchev–Trinajstić information content (AvgIpc) is 2.72. The summed E-state index contributed by atoms with van der Waals surface area (Å²) in [6.07, 6.45) is 2.76. The molecular formula is C22H33F3N2O3S. The number of ether oxygens (including phenoxy) is 1. The second-order valence-corrected chi connectivity index (χ2v) is 9.85. The van der Waals surface area contributed by atoms with E-state index in [-0.39, 0.29) is 29.6 Å². The van der Waals surface area contributed by atoms with E-state index >= 15 is 0 Å². The Balaban J connectivity index is 1.90. The van der Waals surface area contributed by atoms with Crippen molar-refractivity contribution >= 4 is 10.0 Å². The molecule has 1 aliphatic rings. The molecule has 0 bridgehead atoms. The molecule has 5 nitrogen and oxygen atoms in total. The van der Waals surface area contributed by atoms with Crippen molar-refractivity contribution in [1.82, 2.24) is 4.31 Å². The second kappa shape index (κ2) is 11.4. The highest BCUT2D eigenvalue weighted by Crippen LogP contribution is 2.32. The lowest BCUT2D eigenvalue weighted by Crippen LogP contribution is -2.43. The van der Waals surface area contributed by atoms with Gasteiger partial charge in [0.15, 0.2) is 0 Å². The Morgan fingerprint density at radius 2 is 1.84 bits per heavy atom. The van der Waals surface area contributed by atoms with Gasteiger partial charge in [0, 0.05) is 25.2 Å². The third kappa shape index (κ3) is 7.30. The van der Waals surface area contributed by atoms with Crippen LogP contribution in [-0.4, -0.2) is 44.1 Å². The topological polar surface area (TPSA) is 72.6 Å². The van der Waals surface area contributed by atoms with Gasteiger partial charge in [-0.15, -0.1) is 6.58 Å². The Morgan fingerprint density at radius 3 is 2.35 bits per heavy atom. The SMILES string of the molecule is C=CCC(N)CCCOC1CCC(N(CC)S(=O)(=O)c2ccc(C(F)(F)F)cc2)CC1. The smallest absolute Gasteiger partial charge is 0.378 e. The van der Waals surface area contributed by atoms with Crippen molar-refractivity contribution in [3.8, 4) is 0 Å². The number of hydrogen-bond acceptors (Lipinski definition) is 4. The minimum atomic E-state index is -4.50. The molecule has 1 aromatic rings. The van der Waals surface area contributed by atoms with E-state index in [1.165, 1.54) is 4.31 Å². The molecule has 1 fully saturated rings. The van der Waals surface area contributed by atoms with Crippen molar-refractivity contribution in [3.05, 3.63) is 42.5 Å². The molecule has 1 unspecified atom stereocenters. The van der Waals surface area contributed by atoms with Gasteiger partial charge in [-0.05, 0) is 69.2 Å². The van der Waals surface area contributed by atoms with Gasteiger partial charge in [-0.25, -0.2) is 8.42 Å². The van der Waals surface area contributed by atoms with E-state index in [4.69, 9.17) is 10.5 Å². The zero-order valence-electron chi connectivity index (χ0n) is 18.0. The molecule has 1 aliphatic carbocycles. The van der Waals surface area contributed by atoms with Crippen LogP contribution in [0.25, 0.3) is 0 Å². The predicted molar refractivity (Wildman–Crippen MR) is 115 cm³/mol. The first-order valence-electron chi connectivity index (χ1n) is 10.8. The number of halogens is 3. The maximum atomic E-state index is 13.0. The van der Waals surface area contributed by atoms with Gasteiger partial charge in [0.05, 0.1) is 16.6 Å². The molecule has 0 spiro atoms. The summed E-state index contributed by atoms with van der Waals surface area (Å²) in [5, 5.41) is 0. The normalized spacial score (nSPS) is 21.2. The van der Waals surface area contributed by atoms with Crippen LogP contribution in [0.4, 0.5) is 13.2 Å². The zero-order chi connectivity index (χ0) is 23.1. The van der Waals surface area contributed by atoms with Gasteiger partial charge in [0.2, 0.25) is 10.0 Å². The summed E-state index contributed by atoms with van der Waals surface area (Å²) in [4.78, 5) is -0.114. The molecule has 31 heavy (non-hydrogen) atoms. The molecule has 0 saturated heterocycles. The minimum absolute atomic E-state index is 0.0966. The zero-order valence-corrected chi connectivity index (χ0v) is 18.8. The lowest BCUT2D eigenvalue weighted by atomic mass is 9.93. The molecule has 1 aromatic carbocycles. The fraction of sp³-hybridized carbons (Fsp3) is 0.636. The Kier molecular flexibility index (Phi) is 9.54. The Morgan fingerprint density at radius 1 is 1.23 bits per heavy atom. The van der Waals surface area contributed by atoms with Crippen LogP contribution >= 0.6 is 0 Å². The summed E-state index contributed by atoms with van der Waals surface area (Å²) < 4.78 is 71.7. The fourth-order valence-corrected chi connectivity index (χ4v) is 5.70. The number of alkyl halides is 3. The van der Waals surface area contributed by atoms with Gasteiger partial charge in [-0.1, -0.05) is 13.0 Å². The quantitative estimate of drug-likeness (QED) is 0.381. The monoisotopic (exact) mass is 462 g/mol. The van der Waals surface area contributed by atoms with Crippen LogP contribution in [0.3, 0.4) is 0 Å². The van der Waals surface area contributed by atoms with E-state index in [0.29, 0.717) is 19.4 Å². The molecule has 176 valence electrons. The minimum Gasteiger partial charge on any atom is -0.378 e. The van der Waals surface area contributed by atoms with Crippen LogP contribution in [-0.2, 0) is 20.9 Å². The average molecular weight is 463 g/mol. The van der Waals surface area contributed by atoms with Gasteiger partial charge >= 0.3 is 6.18 Å². The highest BCUT2D eigenvalue weighted by molar-refractivity contribution is 7.89. The second-order valence-electron chi connectivity index (χ2n) is 7.96. The summed E-state index contributed by atoms with van der Waals surface area (Å²) in [6.45, 7) is 6.32. The highest BCUT2D eigenvalue weighted by atomic mass is 32.2. The third-order valence-electron chi connectivity index (χ3n) is 5.69. The van der Waals surface area contributed by atoms with Gasteiger partial charge in [0.1, 0.15) is 0 Å². The fourth-order valence-electron chi connectivity index (χ4n) is 4.00. The van der Waals surface area contributed by atoms with Crippen molar-refractivity contribution in [2.24, 2.45) is 5.73 Å². The van der Waals surface area contributed by atoms with Crippen LogP contribution in [0.2, 0.25) is 0 Å². The number of sulfonamides is 1. The molecule has 1 saturated carbocycles. The van der Waals surface area contributed by atoms with E-state index in [1.807, 2.05) is 6.08 Å². The van der Waals surface area contributed by atoms with E-state index in [0.717, 1.165) is 56.4 Å². The maximum absolute atomic E-state index is 13.0. The molecule has 9 heteroatoms. The number of benzene rings is 1. The van der Waals surface area contributed by atoms with E-state index in [2.05, 4.69) is 6.58 Å². The standard InChI is InChI=1S/C22H33F3N2O3S/c1-3-6-18(26)7-5-16-30-20-12-10-19(11-13-20)27(4-2)31(28,29)21-14-8-17(9-15-21)22(23,24)25/h3,8-9,14-15,18-20H,1,4-7,10-13,16,26H2,2H3. The Hall–Kier alpha value is -1.42. The van der Waals surface area contributed by atoms with Gasteiger partial charge in [-0.3, -0.25) is 0 Å². The van der Waals surface area contributed by atoms with Crippen LogP contribution in [0.5, 0.6) is 0 Å². The number of nitrogens with zero attached hydrogens (tertiary/aromatic N) is 1. The summed E-state index contributed by atoms with van der Waals surface area (Å²) >= 11 is 0. The van der Waals surface area contributed by atoms with Crippen molar-refractivity contribution in [1.29, 1.82) is 0 Å². The van der Waals surface area contributed by atoms with E-state index < -0.39 is 21.8 Å². The molecule has 0 heterocycles. The lowest BCUT2D eigenvalue weighted by Gasteiger charge is -2.35. The molecule has 0 aliphatic heterocycles. The predicted octanol–water partition coefficient (Wildman–Crippen LogP) is 4.73. The van der Waals surface area contributed by atoms with Crippen LogP contribution in [0.15, 0.2) is 41.8 Å². The molecule has 2 N–H and O–H groups in total. The molecular weight excluding hydrogens is 429 g/mol. The highest BCUT2D eigenvalue weighted by Gasteiger charge is 2.35. The Labute approximate surface area is 183 Å². The first-order valence-corrected chi connectivity index (χ1v) is 12.2. The number of nitrogens with two attached hydrogens (primary N) is 1. The molecule has 0 aromatic heterocycles. The Bertz CT molecular complexity index is 789. The largest absolute Gasteiger partial charge is 0.416 e. The van der Waals surface area contributed by atoms with Crippen molar-refractivity contribution < 1.29 is 26.3 Å². The third-order valence-corrected chi connectivity index (χ3v) is 7.73. The van der Waals surface area contributed by atoms with Crippen molar-refractivity contribution in [2.75, 3.05) is 13.2 Å². The van der Waals surface area contributed by atoms with E-state index in [9.17, 15) is 21.6 Å².